The van der Waals surface area contributed by atoms with Crippen LogP contribution in [0.3, 0.4) is 0 Å². The standard InChI is InChI=1S/C31H42ClN6O2P/c1-21(2)40-28-19-22(13-14-27(28)38-17-15-24(16-18-38)37(3)23-9-8-10-23)34-31-33-20-25(32)30(36-31)35-26-11-6-7-12-29(26)41(4,5)39/h6-7,11-14,19-21,23-24H,8-10,15-18H2,1-5H3,(H2,33,34,35,36). The second kappa shape index (κ2) is 12.6. The lowest BCUT2D eigenvalue weighted by molar-refractivity contribution is 0.0952. The Labute approximate surface area is 249 Å². The van der Waals surface area contributed by atoms with Crippen LogP contribution in [-0.4, -0.2) is 66.5 Å². The first kappa shape index (κ1) is 29.7. The minimum Gasteiger partial charge on any atom is -0.489 e. The van der Waals surface area contributed by atoms with Crippen LogP contribution in [0, 0.1) is 0 Å². The predicted octanol–water partition coefficient (Wildman–Crippen LogP) is 7.11. The zero-order valence-electron chi connectivity index (χ0n) is 24.7. The molecule has 1 saturated carbocycles. The molecule has 1 saturated heterocycles. The van der Waals surface area contributed by atoms with Crippen molar-refractivity contribution in [3.05, 3.63) is 53.7 Å². The zero-order chi connectivity index (χ0) is 29.1. The van der Waals surface area contributed by atoms with Crippen LogP contribution in [-0.2, 0) is 4.57 Å². The van der Waals surface area contributed by atoms with E-state index in [4.69, 9.17) is 16.3 Å². The van der Waals surface area contributed by atoms with Gasteiger partial charge in [-0.3, -0.25) is 0 Å². The summed E-state index contributed by atoms with van der Waals surface area (Å²) in [6, 6.07) is 15.1. The van der Waals surface area contributed by atoms with Crippen LogP contribution in [0.1, 0.15) is 46.0 Å². The molecule has 1 aliphatic heterocycles. The Morgan fingerprint density at radius 1 is 1.05 bits per heavy atom. The molecule has 3 aromatic rings. The molecular formula is C31H42ClN6O2P. The number of rotatable bonds is 10. The minimum atomic E-state index is -2.51. The van der Waals surface area contributed by atoms with Crippen molar-refractivity contribution >= 4 is 52.9 Å². The van der Waals surface area contributed by atoms with Gasteiger partial charge in [-0.25, -0.2) is 4.98 Å². The molecule has 2 heterocycles. The van der Waals surface area contributed by atoms with Crippen LogP contribution in [0.5, 0.6) is 5.75 Å². The van der Waals surface area contributed by atoms with Crippen molar-refractivity contribution in [3.8, 4) is 5.75 Å². The molecule has 2 aliphatic rings. The van der Waals surface area contributed by atoms with Gasteiger partial charge in [0.1, 0.15) is 17.9 Å². The van der Waals surface area contributed by atoms with E-state index in [1.807, 2.05) is 50.2 Å². The van der Waals surface area contributed by atoms with Gasteiger partial charge in [0.05, 0.1) is 23.7 Å². The summed E-state index contributed by atoms with van der Waals surface area (Å²) in [6.45, 7) is 9.63. The first-order chi connectivity index (χ1) is 19.6. The first-order valence-electron chi connectivity index (χ1n) is 14.6. The van der Waals surface area contributed by atoms with Crippen LogP contribution < -0.4 is 25.6 Å². The second-order valence-corrected chi connectivity index (χ2v) is 15.4. The molecule has 8 nitrogen and oxygen atoms in total. The van der Waals surface area contributed by atoms with Gasteiger partial charge in [0.15, 0.2) is 5.82 Å². The lowest BCUT2D eigenvalue weighted by Gasteiger charge is -2.44. The Morgan fingerprint density at radius 2 is 1.76 bits per heavy atom. The number of nitrogens with zero attached hydrogens (tertiary/aromatic N) is 4. The lowest BCUT2D eigenvalue weighted by Crippen LogP contribution is -2.49. The fourth-order valence-corrected chi connectivity index (χ4v) is 6.92. The largest absolute Gasteiger partial charge is 0.489 e. The molecule has 0 spiro atoms. The molecule has 2 fully saturated rings. The molecule has 0 bridgehead atoms. The number of ether oxygens (including phenoxy) is 1. The molecule has 0 unspecified atom stereocenters. The van der Waals surface area contributed by atoms with Crippen LogP contribution in [0.25, 0.3) is 0 Å². The molecule has 1 aliphatic carbocycles. The maximum absolute atomic E-state index is 12.8. The highest BCUT2D eigenvalue weighted by Crippen LogP contribution is 2.39. The zero-order valence-corrected chi connectivity index (χ0v) is 26.4. The molecule has 1 aromatic heterocycles. The molecule has 41 heavy (non-hydrogen) atoms. The van der Waals surface area contributed by atoms with E-state index in [9.17, 15) is 4.57 Å². The summed E-state index contributed by atoms with van der Waals surface area (Å²) in [7, 11) is -0.197. The number of anilines is 5. The van der Waals surface area contributed by atoms with Crippen LogP contribution in [0.15, 0.2) is 48.7 Å². The number of para-hydroxylation sites is 1. The predicted molar refractivity (Wildman–Crippen MR) is 172 cm³/mol. The van der Waals surface area contributed by atoms with Crippen molar-refractivity contribution in [1.29, 1.82) is 0 Å². The highest BCUT2D eigenvalue weighted by molar-refractivity contribution is 7.70. The molecule has 2 aromatic carbocycles. The van der Waals surface area contributed by atoms with Crippen molar-refractivity contribution in [1.82, 2.24) is 14.9 Å². The van der Waals surface area contributed by atoms with E-state index >= 15 is 0 Å². The van der Waals surface area contributed by atoms with E-state index in [-0.39, 0.29) is 6.10 Å². The van der Waals surface area contributed by atoms with Crippen molar-refractivity contribution in [3.63, 3.8) is 0 Å². The van der Waals surface area contributed by atoms with Crippen molar-refractivity contribution in [2.75, 3.05) is 49.0 Å². The maximum Gasteiger partial charge on any atom is 0.229 e. The third kappa shape index (κ3) is 7.17. The van der Waals surface area contributed by atoms with E-state index in [0.717, 1.165) is 54.4 Å². The second-order valence-electron chi connectivity index (χ2n) is 11.8. The number of hydrogen-bond acceptors (Lipinski definition) is 8. The van der Waals surface area contributed by atoms with E-state index in [1.165, 1.54) is 19.3 Å². The van der Waals surface area contributed by atoms with E-state index in [1.54, 1.807) is 19.5 Å². The van der Waals surface area contributed by atoms with Gasteiger partial charge < -0.3 is 29.7 Å². The summed E-state index contributed by atoms with van der Waals surface area (Å²) in [5, 5.41) is 7.69. The summed E-state index contributed by atoms with van der Waals surface area (Å²) in [4.78, 5) is 14.1. The van der Waals surface area contributed by atoms with Crippen molar-refractivity contribution in [2.45, 2.75) is 64.1 Å². The smallest absolute Gasteiger partial charge is 0.229 e. The fraction of sp³-hybridized carbons (Fsp3) is 0.484. The van der Waals surface area contributed by atoms with E-state index in [0.29, 0.717) is 28.5 Å². The average Bonchev–Trinajstić information content (AvgIpc) is 2.89. The van der Waals surface area contributed by atoms with Crippen molar-refractivity contribution in [2.24, 2.45) is 0 Å². The molecular weight excluding hydrogens is 555 g/mol. The van der Waals surface area contributed by atoms with E-state index in [2.05, 4.69) is 43.5 Å². The van der Waals surface area contributed by atoms with Crippen LogP contribution in [0.4, 0.5) is 28.8 Å². The summed E-state index contributed by atoms with van der Waals surface area (Å²) >= 11 is 6.45. The monoisotopic (exact) mass is 596 g/mol. The quantitative estimate of drug-likeness (QED) is 0.240. The summed E-state index contributed by atoms with van der Waals surface area (Å²) in [5.74, 6) is 1.68. The van der Waals surface area contributed by atoms with E-state index < -0.39 is 7.14 Å². The Bertz CT molecular complexity index is 1400. The minimum absolute atomic E-state index is 0.0436. The number of halogens is 1. The summed E-state index contributed by atoms with van der Waals surface area (Å²) in [5.41, 5.74) is 2.66. The molecule has 0 amide bonds. The molecule has 0 atom stereocenters. The topological polar surface area (TPSA) is 82.6 Å². The van der Waals surface area contributed by atoms with Gasteiger partial charge in [0, 0.05) is 42.2 Å². The normalized spacial score (nSPS) is 16.6. The van der Waals surface area contributed by atoms with Crippen molar-refractivity contribution < 1.29 is 9.30 Å². The number of aromatic nitrogens is 2. The Kier molecular flexibility index (Phi) is 9.12. The van der Waals surface area contributed by atoms with Crippen LogP contribution in [0.2, 0.25) is 5.02 Å². The van der Waals surface area contributed by atoms with Gasteiger partial charge in [-0.05, 0) is 84.2 Å². The van der Waals surface area contributed by atoms with Gasteiger partial charge in [0.2, 0.25) is 5.95 Å². The Hall–Kier alpha value is -2.80. The molecule has 220 valence electrons. The third-order valence-corrected chi connectivity index (χ3v) is 9.92. The van der Waals surface area contributed by atoms with Gasteiger partial charge in [0.25, 0.3) is 0 Å². The average molecular weight is 597 g/mol. The Balaban J connectivity index is 1.32. The molecule has 5 rings (SSSR count). The first-order valence-corrected chi connectivity index (χ1v) is 17.5. The van der Waals surface area contributed by atoms with Gasteiger partial charge in [-0.15, -0.1) is 0 Å². The summed E-state index contributed by atoms with van der Waals surface area (Å²) < 4.78 is 19.1. The third-order valence-electron chi connectivity index (χ3n) is 8.09. The highest BCUT2D eigenvalue weighted by Gasteiger charge is 2.30. The van der Waals surface area contributed by atoms with Gasteiger partial charge in [-0.2, -0.15) is 4.98 Å². The highest BCUT2D eigenvalue weighted by atomic mass is 35.5. The molecule has 0 radical (unpaired) electrons. The Morgan fingerprint density at radius 3 is 2.41 bits per heavy atom. The molecule has 10 heteroatoms. The fourth-order valence-electron chi connectivity index (χ4n) is 5.63. The lowest BCUT2D eigenvalue weighted by atomic mass is 9.89. The summed E-state index contributed by atoms with van der Waals surface area (Å²) in [6.07, 6.45) is 8.00. The maximum atomic E-state index is 12.8. The number of nitrogens with one attached hydrogen (secondary N) is 2. The number of benzene rings is 2. The SMILES string of the molecule is CC(C)Oc1cc(Nc2ncc(Cl)c(Nc3ccccc3P(C)(C)=O)n2)ccc1N1CCC(N(C)C2CCC2)CC1. The van der Waals surface area contributed by atoms with Crippen LogP contribution >= 0.6 is 18.7 Å². The van der Waals surface area contributed by atoms with Gasteiger partial charge >= 0.3 is 0 Å². The molecule has 2 N–H and O–H groups in total. The number of hydrogen-bond donors (Lipinski definition) is 2. The van der Waals surface area contributed by atoms with Gasteiger partial charge in [-0.1, -0.05) is 30.2 Å². The number of piperidine rings is 1.